The number of para-hydroxylation sites is 2. The molecule has 0 N–H and O–H groups in total. The first-order valence-electron chi connectivity index (χ1n) is 13.8. The fourth-order valence-corrected chi connectivity index (χ4v) is 5.95. The minimum absolute atomic E-state index is 0.126. The highest BCUT2D eigenvalue weighted by molar-refractivity contribution is 6.01. The molecule has 1 amide bonds. The highest BCUT2D eigenvalue weighted by Gasteiger charge is 2.47. The van der Waals surface area contributed by atoms with Crippen molar-refractivity contribution < 1.29 is 23.0 Å². The minimum Gasteiger partial charge on any atom is -0.495 e. The number of carbonyl (C=O) groups excluding carboxylic acids is 1. The van der Waals surface area contributed by atoms with Crippen molar-refractivity contribution in [2.24, 2.45) is 0 Å². The molecule has 3 heterocycles. The number of hydrogen-bond donors (Lipinski definition) is 0. The Balaban J connectivity index is 1.52. The number of likely N-dealkylation sites (tertiary alicyclic amines) is 1. The van der Waals surface area contributed by atoms with E-state index >= 15 is 0 Å². The molecule has 1 atom stereocenters. The van der Waals surface area contributed by atoms with Crippen molar-refractivity contribution in [3.8, 4) is 5.75 Å². The maximum absolute atomic E-state index is 13.8. The number of halogens is 2. The van der Waals surface area contributed by atoms with Crippen molar-refractivity contribution in [3.05, 3.63) is 48.2 Å². The number of carbonyl (C=O) groups is 1. The smallest absolute Gasteiger partial charge is 0.420 e. The van der Waals surface area contributed by atoms with E-state index in [1.807, 2.05) is 47.5 Å². The lowest BCUT2D eigenvalue weighted by atomic mass is 9.83. The molecule has 0 unspecified atom stereocenters. The second kappa shape index (κ2) is 11.1. The van der Waals surface area contributed by atoms with Gasteiger partial charge in [0.1, 0.15) is 23.2 Å². The van der Waals surface area contributed by atoms with Crippen LogP contribution in [-0.2, 0) is 4.74 Å². The molecule has 0 bridgehead atoms. The fourth-order valence-electron chi connectivity index (χ4n) is 5.95. The van der Waals surface area contributed by atoms with Gasteiger partial charge in [0.2, 0.25) is 0 Å². The Kier molecular flexibility index (Phi) is 7.75. The number of anilines is 2. The quantitative estimate of drug-likeness (QED) is 0.325. The van der Waals surface area contributed by atoms with Crippen LogP contribution in [0, 0.1) is 6.92 Å². The zero-order valence-electron chi connectivity index (χ0n) is 23.1. The first-order chi connectivity index (χ1) is 18.7. The van der Waals surface area contributed by atoms with Crippen molar-refractivity contribution >= 4 is 23.1 Å². The molecule has 1 aliphatic carbocycles. The number of hydrogen-bond acceptors (Lipinski definition) is 6. The van der Waals surface area contributed by atoms with Gasteiger partial charge in [-0.3, -0.25) is 14.3 Å². The van der Waals surface area contributed by atoms with Gasteiger partial charge in [0.25, 0.3) is 5.92 Å². The number of benzene rings is 1. The van der Waals surface area contributed by atoms with E-state index in [0.717, 1.165) is 55.6 Å². The minimum atomic E-state index is -2.55. The van der Waals surface area contributed by atoms with Gasteiger partial charge in [-0.25, -0.2) is 23.5 Å². The van der Waals surface area contributed by atoms with Crippen LogP contribution in [0.15, 0.2) is 36.7 Å². The number of nitrogens with zero attached hydrogens (tertiary/aromatic N) is 5. The summed E-state index contributed by atoms with van der Waals surface area (Å²) in [4.78, 5) is 26.8. The maximum atomic E-state index is 13.8. The van der Waals surface area contributed by atoms with Crippen LogP contribution in [-0.4, -0.2) is 63.6 Å². The van der Waals surface area contributed by atoms with Crippen LogP contribution in [0.1, 0.15) is 69.8 Å². The average Bonchev–Trinajstić information content (AvgIpc) is 3.28. The molecule has 2 fully saturated rings. The summed E-state index contributed by atoms with van der Waals surface area (Å²) in [5.41, 5.74) is 1.99. The summed E-state index contributed by atoms with van der Waals surface area (Å²) in [7, 11) is 1.57. The van der Waals surface area contributed by atoms with Crippen LogP contribution in [0.4, 0.5) is 25.1 Å². The molecule has 5 rings (SSSR count). The molecule has 0 spiro atoms. The van der Waals surface area contributed by atoms with E-state index in [0.29, 0.717) is 17.3 Å². The van der Waals surface area contributed by atoms with Gasteiger partial charge in [0.05, 0.1) is 31.6 Å². The summed E-state index contributed by atoms with van der Waals surface area (Å²) in [5, 5.41) is 0. The predicted octanol–water partition coefficient (Wildman–Crippen LogP) is 6.49. The van der Waals surface area contributed by atoms with Gasteiger partial charge in [-0.2, -0.15) is 0 Å². The maximum Gasteiger partial charge on any atom is 0.420 e. The van der Waals surface area contributed by atoms with Gasteiger partial charge in [0, 0.05) is 24.4 Å². The monoisotopic (exact) mass is 541 g/mol. The number of fused-ring (bicyclic) bond motifs is 1. The molecule has 1 saturated heterocycles. The van der Waals surface area contributed by atoms with Crippen molar-refractivity contribution in [2.45, 2.75) is 83.3 Å². The number of aromatic nitrogens is 3. The molecule has 0 radical (unpaired) electrons. The largest absolute Gasteiger partial charge is 0.495 e. The van der Waals surface area contributed by atoms with E-state index in [1.54, 1.807) is 19.4 Å². The third-order valence-corrected chi connectivity index (χ3v) is 7.91. The molecule has 1 saturated carbocycles. The third-order valence-electron chi connectivity index (χ3n) is 7.91. The second-order valence-electron chi connectivity index (χ2n) is 10.8. The van der Waals surface area contributed by atoms with Gasteiger partial charge >= 0.3 is 6.09 Å². The van der Waals surface area contributed by atoms with Gasteiger partial charge < -0.3 is 9.47 Å². The zero-order chi connectivity index (χ0) is 27.7. The molecule has 8 nitrogen and oxygen atoms in total. The van der Waals surface area contributed by atoms with Crippen molar-refractivity contribution in [3.63, 3.8) is 0 Å². The lowest BCUT2D eigenvalue weighted by molar-refractivity contribution is -0.150. The summed E-state index contributed by atoms with van der Waals surface area (Å²) in [6.07, 6.45) is 7.79. The number of aryl methyl sites for hydroxylation is 1. The van der Waals surface area contributed by atoms with E-state index in [9.17, 15) is 13.6 Å². The lowest BCUT2D eigenvalue weighted by Crippen LogP contribution is -2.60. The van der Waals surface area contributed by atoms with Crippen LogP contribution in [0.25, 0.3) is 5.52 Å². The molecular weight excluding hydrogens is 504 g/mol. The van der Waals surface area contributed by atoms with E-state index < -0.39 is 12.0 Å². The van der Waals surface area contributed by atoms with Crippen LogP contribution in [0.3, 0.4) is 0 Å². The van der Waals surface area contributed by atoms with Gasteiger partial charge in [-0.1, -0.05) is 25.5 Å². The molecule has 1 aliphatic heterocycles. The summed E-state index contributed by atoms with van der Waals surface area (Å²) in [6.45, 7) is 5.55. The molecule has 2 aromatic heterocycles. The average molecular weight is 542 g/mol. The number of amides is 1. The zero-order valence-corrected chi connectivity index (χ0v) is 23.1. The van der Waals surface area contributed by atoms with Crippen molar-refractivity contribution in [1.29, 1.82) is 0 Å². The highest BCUT2D eigenvalue weighted by atomic mass is 19.3. The lowest BCUT2D eigenvalue weighted by Gasteiger charge is -2.46. The Morgan fingerprint density at radius 1 is 1.21 bits per heavy atom. The van der Waals surface area contributed by atoms with Gasteiger partial charge in [0.15, 0.2) is 5.82 Å². The van der Waals surface area contributed by atoms with Gasteiger partial charge in [-0.15, -0.1) is 0 Å². The molecule has 1 aromatic carbocycles. The Labute approximate surface area is 227 Å². The Hall–Kier alpha value is -3.27. The van der Waals surface area contributed by atoms with Crippen LogP contribution in [0.2, 0.25) is 0 Å². The van der Waals surface area contributed by atoms with E-state index in [-0.39, 0.29) is 31.2 Å². The molecular formula is C29H37F2N5O3. The number of rotatable bonds is 8. The summed E-state index contributed by atoms with van der Waals surface area (Å²) >= 11 is 0. The van der Waals surface area contributed by atoms with Crippen LogP contribution in [0.5, 0.6) is 5.75 Å². The fraction of sp³-hybridized carbons (Fsp3) is 0.552. The summed E-state index contributed by atoms with van der Waals surface area (Å²) in [5.74, 6) is -0.624. The molecule has 39 heavy (non-hydrogen) atoms. The Morgan fingerprint density at radius 2 is 1.92 bits per heavy atom. The summed E-state index contributed by atoms with van der Waals surface area (Å²) in [6, 6.07) is 7.49. The normalized spacial score (nSPS) is 21.8. The predicted molar refractivity (Wildman–Crippen MR) is 145 cm³/mol. The van der Waals surface area contributed by atoms with Crippen LogP contribution >= 0.6 is 0 Å². The van der Waals surface area contributed by atoms with E-state index in [1.165, 1.54) is 4.90 Å². The number of alkyl halides is 2. The Bertz CT molecular complexity index is 1310. The number of imidazole rings is 1. The second-order valence-corrected chi connectivity index (χ2v) is 10.8. The first-order valence-corrected chi connectivity index (χ1v) is 13.8. The highest BCUT2D eigenvalue weighted by Crippen LogP contribution is 2.42. The molecule has 10 heteroatoms. The SMILES string of the molecule is CCC[C@H](C)OC(=O)N(c1ccccc1OC)c1nc(C2CCC(N3CC(F)(F)C3)CC2)n2ccnc(C)c12. The topological polar surface area (TPSA) is 72.2 Å². The summed E-state index contributed by atoms with van der Waals surface area (Å²) < 4.78 is 40.4. The van der Waals surface area contributed by atoms with E-state index in [2.05, 4.69) is 11.9 Å². The standard InChI is InChI=1S/C29H37F2N5O3/c1-5-8-19(2)39-28(37)36(23-9-6-7-10-24(23)38-4)27-25-20(3)32-15-16-35(25)26(33-27)21-11-13-22(14-12-21)34-17-29(30,31)18-34/h6-7,9-10,15-16,19,21-22H,5,8,11-14,17-18H2,1-4H3/t19-,21?,22?/m0/s1. The third kappa shape index (κ3) is 5.44. The van der Waals surface area contributed by atoms with E-state index in [4.69, 9.17) is 14.5 Å². The molecule has 2 aliphatic rings. The molecule has 210 valence electrons. The first kappa shape index (κ1) is 27.3. The Morgan fingerprint density at radius 3 is 2.59 bits per heavy atom. The number of ether oxygens (including phenoxy) is 2. The van der Waals surface area contributed by atoms with Crippen LogP contribution < -0.4 is 9.64 Å². The van der Waals surface area contributed by atoms with Crippen molar-refractivity contribution in [2.75, 3.05) is 25.1 Å². The van der Waals surface area contributed by atoms with Crippen molar-refractivity contribution in [1.82, 2.24) is 19.3 Å². The molecule has 3 aromatic rings. The van der Waals surface area contributed by atoms with Gasteiger partial charge in [-0.05, 0) is 58.1 Å². The number of methoxy groups -OCH3 is 1.